The molecule has 0 amide bonds. The molecular weight excluding hydrogens is 204 g/mol. The number of carbonyl (C=O) groups is 1. The number of carbonyl (C=O) groups excluding carboxylic acids is 1. The van der Waals surface area contributed by atoms with Crippen molar-refractivity contribution in [1.29, 1.82) is 0 Å². The number of rotatable bonds is 4. The molecule has 0 aliphatic carbocycles. The Kier molecular flexibility index (Phi) is 2.95. The predicted octanol–water partition coefficient (Wildman–Crippen LogP) is 1.62. The Morgan fingerprint density at radius 3 is 2.69 bits per heavy atom. The molecule has 0 atom stereocenters. The molecule has 0 saturated carbocycles. The second-order valence-corrected chi connectivity index (χ2v) is 3.42. The molecule has 2 aromatic rings. The number of nitrogens with one attached hydrogen (secondary N) is 2. The smallest absolute Gasteiger partial charge is 0.159 e. The van der Waals surface area contributed by atoms with Crippen molar-refractivity contribution in [2.24, 2.45) is 0 Å². The van der Waals surface area contributed by atoms with E-state index >= 15 is 0 Å². The molecule has 0 saturated heterocycles. The van der Waals surface area contributed by atoms with E-state index < -0.39 is 0 Å². The van der Waals surface area contributed by atoms with Crippen molar-refractivity contribution in [3.05, 3.63) is 42.0 Å². The number of ketones is 1. The molecule has 16 heavy (non-hydrogen) atoms. The number of hydrogen-bond acceptors (Lipinski definition) is 4. The first-order chi connectivity index (χ1) is 7.75. The van der Waals surface area contributed by atoms with Crippen molar-refractivity contribution in [3.63, 3.8) is 0 Å². The van der Waals surface area contributed by atoms with Gasteiger partial charge in [0, 0.05) is 11.3 Å². The normalized spacial score (nSPS) is 10.1. The summed E-state index contributed by atoms with van der Waals surface area (Å²) in [5, 5.41) is 9.68. The molecule has 0 spiro atoms. The Balaban J connectivity index is 1.98. The third kappa shape index (κ3) is 2.44. The molecule has 0 aliphatic heterocycles. The molecule has 82 valence electrons. The zero-order chi connectivity index (χ0) is 11.4. The van der Waals surface area contributed by atoms with Gasteiger partial charge in [-0.3, -0.25) is 9.89 Å². The Labute approximate surface area is 92.9 Å². The quantitative estimate of drug-likeness (QED) is 0.762. The summed E-state index contributed by atoms with van der Waals surface area (Å²) in [5.74, 6) is 0.845. The van der Waals surface area contributed by atoms with Gasteiger partial charge < -0.3 is 5.32 Å². The van der Waals surface area contributed by atoms with Crippen LogP contribution in [0.25, 0.3) is 0 Å². The third-order valence-corrected chi connectivity index (χ3v) is 2.22. The van der Waals surface area contributed by atoms with E-state index in [1.807, 2.05) is 12.1 Å². The van der Waals surface area contributed by atoms with Gasteiger partial charge in [0.2, 0.25) is 0 Å². The molecule has 1 heterocycles. The van der Waals surface area contributed by atoms with E-state index in [1.54, 1.807) is 19.1 Å². The van der Waals surface area contributed by atoms with E-state index in [4.69, 9.17) is 0 Å². The number of aromatic amines is 1. The molecule has 5 heteroatoms. The van der Waals surface area contributed by atoms with Crippen LogP contribution < -0.4 is 5.32 Å². The summed E-state index contributed by atoms with van der Waals surface area (Å²) >= 11 is 0. The lowest BCUT2D eigenvalue weighted by Gasteiger charge is -2.04. The summed E-state index contributed by atoms with van der Waals surface area (Å²) in [6.07, 6.45) is 1.47. The van der Waals surface area contributed by atoms with E-state index in [9.17, 15) is 4.79 Å². The van der Waals surface area contributed by atoms with Crippen LogP contribution in [0, 0.1) is 0 Å². The number of H-pyrrole nitrogens is 1. The first-order valence-corrected chi connectivity index (χ1v) is 4.95. The van der Waals surface area contributed by atoms with Crippen LogP contribution in [-0.2, 0) is 6.54 Å². The molecule has 0 unspecified atom stereocenters. The fourth-order valence-corrected chi connectivity index (χ4v) is 1.32. The van der Waals surface area contributed by atoms with Gasteiger partial charge in [-0.1, -0.05) is 0 Å². The molecule has 0 aliphatic rings. The van der Waals surface area contributed by atoms with Crippen LogP contribution in [0.5, 0.6) is 0 Å². The number of aromatic nitrogens is 3. The highest BCUT2D eigenvalue weighted by molar-refractivity contribution is 5.94. The zero-order valence-electron chi connectivity index (χ0n) is 8.90. The second-order valence-electron chi connectivity index (χ2n) is 3.42. The van der Waals surface area contributed by atoms with Crippen molar-refractivity contribution in [2.45, 2.75) is 13.5 Å². The summed E-state index contributed by atoms with van der Waals surface area (Å²) in [6, 6.07) is 7.33. The van der Waals surface area contributed by atoms with Gasteiger partial charge >= 0.3 is 0 Å². The maximum Gasteiger partial charge on any atom is 0.159 e. The Morgan fingerprint density at radius 2 is 2.12 bits per heavy atom. The molecule has 0 radical (unpaired) electrons. The van der Waals surface area contributed by atoms with Crippen LogP contribution in [0.15, 0.2) is 30.6 Å². The number of Topliss-reactive ketones (excluding diaryl/α,β-unsaturated/α-hetero) is 1. The van der Waals surface area contributed by atoms with Crippen LogP contribution >= 0.6 is 0 Å². The molecule has 2 rings (SSSR count). The highest BCUT2D eigenvalue weighted by atomic mass is 16.1. The standard InChI is InChI=1S/C11H12N4O/c1-8(16)9-2-4-10(5-3-9)12-6-11-13-7-14-15-11/h2-5,7,12H,6H2,1H3,(H,13,14,15). The summed E-state index contributed by atoms with van der Waals surface area (Å²) < 4.78 is 0. The van der Waals surface area contributed by atoms with Crippen molar-refractivity contribution in [3.8, 4) is 0 Å². The second kappa shape index (κ2) is 4.57. The maximum absolute atomic E-state index is 11.1. The van der Waals surface area contributed by atoms with Gasteiger partial charge in [0.1, 0.15) is 12.2 Å². The molecule has 0 bridgehead atoms. The van der Waals surface area contributed by atoms with E-state index in [2.05, 4.69) is 20.5 Å². The molecule has 1 aromatic heterocycles. The van der Waals surface area contributed by atoms with Crippen LogP contribution in [0.3, 0.4) is 0 Å². The minimum Gasteiger partial charge on any atom is -0.378 e. The molecule has 5 nitrogen and oxygen atoms in total. The fourth-order valence-electron chi connectivity index (χ4n) is 1.32. The van der Waals surface area contributed by atoms with Crippen LogP contribution in [0.2, 0.25) is 0 Å². The number of hydrogen-bond donors (Lipinski definition) is 2. The maximum atomic E-state index is 11.1. The highest BCUT2D eigenvalue weighted by Crippen LogP contribution is 2.10. The SMILES string of the molecule is CC(=O)c1ccc(NCc2ncn[nH]2)cc1. The lowest BCUT2D eigenvalue weighted by atomic mass is 10.1. The zero-order valence-corrected chi connectivity index (χ0v) is 8.90. The summed E-state index contributed by atoms with van der Waals surface area (Å²) in [7, 11) is 0. The summed E-state index contributed by atoms with van der Waals surface area (Å²) in [5.41, 5.74) is 1.66. The number of anilines is 1. The van der Waals surface area contributed by atoms with Gasteiger partial charge in [0.15, 0.2) is 5.78 Å². The topological polar surface area (TPSA) is 70.7 Å². The van der Waals surface area contributed by atoms with Gasteiger partial charge in [0.05, 0.1) is 6.54 Å². The molecule has 1 aromatic carbocycles. The van der Waals surface area contributed by atoms with E-state index in [0.717, 1.165) is 11.5 Å². The van der Waals surface area contributed by atoms with Crippen molar-refractivity contribution < 1.29 is 4.79 Å². The number of nitrogens with zero attached hydrogens (tertiary/aromatic N) is 2. The first kappa shape index (κ1) is 10.4. The van der Waals surface area contributed by atoms with Crippen LogP contribution in [0.1, 0.15) is 23.1 Å². The Bertz CT molecular complexity index is 461. The van der Waals surface area contributed by atoms with Crippen molar-refractivity contribution >= 4 is 11.5 Å². The van der Waals surface area contributed by atoms with E-state index in [0.29, 0.717) is 12.1 Å². The summed E-state index contributed by atoms with van der Waals surface area (Å²) in [4.78, 5) is 15.1. The molecular formula is C11H12N4O. The predicted molar refractivity (Wildman–Crippen MR) is 60.2 cm³/mol. The monoisotopic (exact) mass is 216 g/mol. The minimum atomic E-state index is 0.0711. The lowest BCUT2D eigenvalue weighted by Crippen LogP contribution is -2.01. The van der Waals surface area contributed by atoms with Gasteiger partial charge in [-0.15, -0.1) is 0 Å². The average molecular weight is 216 g/mol. The minimum absolute atomic E-state index is 0.0711. The Morgan fingerprint density at radius 1 is 1.38 bits per heavy atom. The van der Waals surface area contributed by atoms with Gasteiger partial charge in [-0.25, -0.2) is 4.98 Å². The van der Waals surface area contributed by atoms with E-state index in [-0.39, 0.29) is 5.78 Å². The van der Waals surface area contributed by atoms with Crippen LogP contribution in [0.4, 0.5) is 5.69 Å². The van der Waals surface area contributed by atoms with Gasteiger partial charge in [0.25, 0.3) is 0 Å². The highest BCUT2D eigenvalue weighted by Gasteiger charge is 1.99. The Hall–Kier alpha value is -2.17. The average Bonchev–Trinajstić information content (AvgIpc) is 2.80. The third-order valence-electron chi connectivity index (χ3n) is 2.22. The molecule has 2 N–H and O–H groups in total. The summed E-state index contributed by atoms with van der Waals surface area (Å²) in [6.45, 7) is 2.14. The van der Waals surface area contributed by atoms with Crippen molar-refractivity contribution in [2.75, 3.05) is 5.32 Å². The van der Waals surface area contributed by atoms with Gasteiger partial charge in [-0.05, 0) is 31.2 Å². The van der Waals surface area contributed by atoms with Crippen molar-refractivity contribution in [1.82, 2.24) is 15.2 Å². The largest absolute Gasteiger partial charge is 0.378 e. The number of benzene rings is 1. The lowest BCUT2D eigenvalue weighted by molar-refractivity contribution is 0.101. The van der Waals surface area contributed by atoms with Gasteiger partial charge in [-0.2, -0.15) is 5.10 Å². The molecule has 0 fully saturated rings. The van der Waals surface area contributed by atoms with Crippen LogP contribution in [-0.4, -0.2) is 21.0 Å². The first-order valence-electron chi connectivity index (χ1n) is 4.95. The van der Waals surface area contributed by atoms with E-state index in [1.165, 1.54) is 6.33 Å². The fraction of sp³-hybridized carbons (Fsp3) is 0.182.